The second kappa shape index (κ2) is 18.8. The van der Waals surface area contributed by atoms with Crippen molar-refractivity contribution in [2.75, 3.05) is 38.3 Å². The number of hydrogen-bond donors (Lipinski definition) is 3. The van der Waals surface area contributed by atoms with Gasteiger partial charge in [0.1, 0.15) is 12.2 Å². The Morgan fingerprint density at radius 2 is 1.82 bits per heavy atom. The minimum atomic E-state index is -4.81. The molecule has 2 aromatic heterocycles. The molecule has 1 saturated heterocycles. The zero-order chi connectivity index (χ0) is 41.3. The molecule has 17 heteroatoms. The van der Waals surface area contributed by atoms with Crippen molar-refractivity contribution in [3.63, 3.8) is 0 Å². The summed E-state index contributed by atoms with van der Waals surface area (Å²) in [7, 11) is -0.982. The number of amides is 1. The average molecular weight is 796 g/mol. The fourth-order valence-corrected chi connectivity index (χ4v) is 6.44. The van der Waals surface area contributed by atoms with Crippen molar-refractivity contribution >= 4 is 41.2 Å². The van der Waals surface area contributed by atoms with E-state index < -0.39 is 48.9 Å². The maximum Gasteiger partial charge on any atom is 0.485 e. The van der Waals surface area contributed by atoms with Crippen LogP contribution in [0.3, 0.4) is 0 Å². The van der Waals surface area contributed by atoms with Gasteiger partial charge in [-0.15, -0.1) is 5.10 Å². The molecule has 4 aromatic rings. The molecule has 5 rings (SSSR count). The van der Waals surface area contributed by atoms with Crippen molar-refractivity contribution in [2.24, 2.45) is 0 Å². The van der Waals surface area contributed by atoms with Gasteiger partial charge in [-0.05, 0) is 99.5 Å². The second-order valence-electron chi connectivity index (χ2n) is 14.4. The Hall–Kier alpha value is -5.26. The summed E-state index contributed by atoms with van der Waals surface area (Å²) in [5, 5.41) is 27.0. The molecule has 0 aliphatic carbocycles. The molecular weight excluding hydrogens is 749 g/mol. The molecular formula is C40H46BF4N5O7. The standard InChI is InChI=1S/C40H46BF4N5O7/c1-39(2,3)57-38(52)28-11-5-6-12-31(28)49(19-9-7-13-33(51)46-4)20-22-55-34-18-16-27(25-47-34)36(30(41(53)54)24-40(43,44)45)26-15-17-32-29(23-26)37(42)48-50(32)35-14-8-10-21-56-35/h5-7,11-13,15-18,23,25,35,53-54H,8-10,14,19-22,24H2,1-4H3,(H,46,51)/b13-7+,36-30-. The number of allylic oxidation sites excluding steroid dienone is 1. The molecule has 57 heavy (non-hydrogen) atoms. The highest BCUT2D eigenvalue weighted by Crippen LogP contribution is 2.37. The van der Waals surface area contributed by atoms with Crippen molar-refractivity contribution in [1.82, 2.24) is 20.1 Å². The number of ether oxygens (including phenoxy) is 3. The first-order valence-corrected chi connectivity index (χ1v) is 18.5. The molecule has 1 aliphatic rings. The summed E-state index contributed by atoms with van der Waals surface area (Å²) in [4.78, 5) is 31.1. The molecule has 0 saturated carbocycles. The Labute approximate surface area is 328 Å². The van der Waals surface area contributed by atoms with Gasteiger partial charge in [-0.1, -0.05) is 24.3 Å². The van der Waals surface area contributed by atoms with Gasteiger partial charge in [0.15, 0.2) is 6.23 Å². The molecule has 3 N–H and O–H groups in total. The maximum atomic E-state index is 15.3. The summed E-state index contributed by atoms with van der Waals surface area (Å²) in [5.74, 6) is -1.53. The maximum absolute atomic E-state index is 15.3. The first kappa shape index (κ1) is 42.9. The van der Waals surface area contributed by atoms with Crippen LogP contribution in [0.5, 0.6) is 5.88 Å². The highest BCUT2D eigenvalue weighted by molar-refractivity contribution is 6.53. The van der Waals surface area contributed by atoms with Gasteiger partial charge in [0.2, 0.25) is 17.7 Å². The van der Waals surface area contributed by atoms with Gasteiger partial charge in [0.25, 0.3) is 0 Å². The molecule has 3 heterocycles. The Morgan fingerprint density at radius 1 is 1.07 bits per heavy atom. The smallest absolute Gasteiger partial charge is 0.476 e. The molecule has 1 amide bonds. The topological polar surface area (TPSA) is 148 Å². The van der Waals surface area contributed by atoms with Crippen molar-refractivity contribution in [2.45, 2.75) is 70.9 Å². The van der Waals surface area contributed by atoms with Gasteiger partial charge in [-0.2, -0.15) is 17.6 Å². The number of benzene rings is 2. The number of rotatable bonds is 15. The Kier molecular flexibility index (Phi) is 14.1. The van der Waals surface area contributed by atoms with Crippen LogP contribution in [0.25, 0.3) is 16.5 Å². The van der Waals surface area contributed by atoms with Crippen LogP contribution in [0.15, 0.2) is 78.4 Å². The Bertz CT molecular complexity index is 2070. The number of halogens is 4. The van der Waals surface area contributed by atoms with Gasteiger partial charge < -0.3 is 34.5 Å². The molecule has 12 nitrogen and oxygen atoms in total. The van der Waals surface area contributed by atoms with Crippen LogP contribution in [0.4, 0.5) is 23.2 Å². The van der Waals surface area contributed by atoms with Crippen LogP contribution in [0.2, 0.25) is 0 Å². The van der Waals surface area contributed by atoms with E-state index in [1.165, 1.54) is 54.3 Å². The van der Waals surface area contributed by atoms with Crippen LogP contribution in [-0.4, -0.2) is 88.9 Å². The van der Waals surface area contributed by atoms with Gasteiger partial charge in [0, 0.05) is 38.0 Å². The molecule has 0 spiro atoms. The molecule has 1 unspecified atom stereocenters. The summed E-state index contributed by atoms with van der Waals surface area (Å²) in [5.41, 5.74) is -0.239. The molecule has 1 aliphatic heterocycles. The third kappa shape index (κ3) is 11.6. The summed E-state index contributed by atoms with van der Waals surface area (Å²) < 4.78 is 75.6. The third-order valence-electron chi connectivity index (χ3n) is 8.98. The first-order chi connectivity index (χ1) is 27.0. The number of aromatic nitrogens is 3. The SMILES string of the molecule is CNC(=O)/C=C/CCN(CCOc1ccc(/C(=C(/CC(F)(F)F)B(O)O)c2ccc3c(c2)c(F)nn3C2CCCCO2)cn1)c1ccccc1C(=O)OC(C)(C)C. The van der Waals surface area contributed by atoms with E-state index in [9.17, 15) is 32.8 Å². The van der Waals surface area contributed by atoms with E-state index in [-0.39, 0.29) is 47.0 Å². The molecule has 1 fully saturated rings. The van der Waals surface area contributed by atoms with E-state index in [0.717, 1.165) is 12.8 Å². The number of likely N-dealkylation sites (N-methyl/N-ethyl adjacent to an activating group) is 1. The zero-order valence-electron chi connectivity index (χ0n) is 32.2. The van der Waals surface area contributed by atoms with E-state index in [0.29, 0.717) is 42.8 Å². The molecule has 1 atom stereocenters. The third-order valence-corrected chi connectivity index (χ3v) is 8.98. The average Bonchev–Trinajstić information content (AvgIpc) is 3.50. The lowest BCUT2D eigenvalue weighted by atomic mass is 9.71. The first-order valence-electron chi connectivity index (χ1n) is 18.5. The quantitative estimate of drug-likeness (QED) is 0.0523. The van der Waals surface area contributed by atoms with E-state index in [1.807, 2.05) is 4.90 Å². The Morgan fingerprint density at radius 3 is 2.47 bits per heavy atom. The summed E-state index contributed by atoms with van der Waals surface area (Å²) in [6.07, 6.45) is 0.159. The lowest BCUT2D eigenvalue weighted by Crippen LogP contribution is -2.32. The Balaban J connectivity index is 1.42. The van der Waals surface area contributed by atoms with Crippen LogP contribution >= 0.6 is 0 Å². The van der Waals surface area contributed by atoms with E-state index in [4.69, 9.17) is 14.2 Å². The molecule has 2 aromatic carbocycles. The van der Waals surface area contributed by atoms with Gasteiger partial charge >= 0.3 is 19.3 Å². The number of esters is 1. The van der Waals surface area contributed by atoms with Crippen LogP contribution in [0, 0.1) is 5.95 Å². The summed E-state index contributed by atoms with van der Waals surface area (Å²) >= 11 is 0. The zero-order valence-corrected chi connectivity index (χ0v) is 32.2. The lowest BCUT2D eigenvalue weighted by molar-refractivity contribution is -0.126. The highest BCUT2D eigenvalue weighted by Gasteiger charge is 2.36. The lowest BCUT2D eigenvalue weighted by Gasteiger charge is -2.27. The molecule has 304 valence electrons. The van der Waals surface area contributed by atoms with Crippen molar-refractivity contribution in [1.29, 1.82) is 0 Å². The van der Waals surface area contributed by atoms with Gasteiger partial charge in [-0.3, -0.25) is 4.79 Å². The van der Waals surface area contributed by atoms with Crippen LogP contribution in [-0.2, 0) is 14.3 Å². The number of carbonyl (C=O) groups is 2. The highest BCUT2D eigenvalue weighted by atomic mass is 19.4. The van der Waals surface area contributed by atoms with Crippen molar-refractivity contribution in [3.8, 4) is 5.88 Å². The number of nitrogens with one attached hydrogen (secondary N) is 1. The van der Waals surface area contributed by atoms with E-state index in [1.54, 1.807) is 51.1 Å². The van der Waals surface area contributed by atoms with Crippen LogP contribution in [0.1, 0.15) is 80.6 Å². The van der Waals surface area contributed by atoms with Crippen molar-refractivity contribution in [3.05, 3.63) is 101 Å². The number of carbonyl (C=O) groups excluding carboxylic acids is 2. The number of hydrogen-bond acceptors (Lipinski definition) is 10. The minimum Gasteiger partial charge on any atom is -0.476 e. The number of para-hydroxylation sites is 1. The number of alkyl halides is 3. The van der Waals surface area contributed by atoms with Crippen molar-refractivity contribution < 1.29 is 51.4 Å². The molecule has 0 radical (unpaired) electrons. The second-order valence-corrected chi connectivity index (χ2v) is 14.4. The monoisotopic (exact) mass is 795 g/mol. The normalized spacial score (nSPS) is 15.4. The largest absolute Gasteiger partial charge is 0.485 e. The summed E-state index contributed by atoms with van der Waals surface area (Å²) in [6.45, 7) is 6.48. The predicted octanol–water partition coefficient (Wildman–Crippen LogP) is 6.57. The fourth-order valence-electron chi connectivity index (χ4n) is 6.44. The summed E-state index contributed by atoms with van der Waals surface area (Å²) in [6, 6.07) is 14.1. The number of nitrogens with zero attached hydrogens (tertiary/aromatic N) is 4. The predicted molar refractivity (Wildman–Crippen MR) is 207 cm³/mol. The van der Waals surface area contributed by atoms with E-state index in [2.05, 4.69) is 15.4 Å². The number of pyridine rings is 1. The van der Waals surface area contributed by atoms with Gasteiger partial charge in [-0.25, -0.2) is 14.5 Å². The number of anilines is 1. The van der Waals surface area contributed by atoms with Crippen LogP contribution < -0.4 is 15.0 Å². The van der Waals surface area contributed by atoms with Gasteiger partial charge in [0.05, 0.1) is 35.1 Å². The fraction of sp³-hybridized carbons (Fsp3) is 0.400. The number of fused-ring (bicyclic) bond motifs is 1. The molecule has 0 bridgehead atoms. The van der Waals surface area contributed by atoms with E-state index >= 15 is 4.39 Å². The minimum absolute atomic E-state index is 0.0211.